The number of hydrogen-bond donors (Lipinski definition) is 1. The normalized spacial score (nSPS) is 16.0. The minimum atomic E-state index is -0.228. The number of hydrogen-bond acceptors (Lipinski definition) is 4. The van der Waals surface area contributed by atoms with Gasteiger partial charge >= 0.3 is 6.09 Å². The predicted molar refractivity (Wildman–Crippen MR) is 81.0 cm³/mol. The van der Waals surface area contributed by atoms with Crippen molar-refractivity contribution in [3.05, 3.63) is 35.9 Å². The number of ether oxygens (including phenoxy) is 1. The lowest BCUT2D eigenvalue weighted by Crippen LogP contribution is -2.48. The maximum atomic E-state index is 12.0. The number of benzene rings is 1. The largest absolute Gasteiger partial charge is 0.445 e. The van der Waals surface area contributed by atoms with E-state index in [1.165, 1.54) is 0 Å². The second kappa shape index (κ2) is 8.64. The Morgan fingerprint density at radius 2 is 1.81 bits per heavy atom. The smallest absolute Gasteiger partial charge is 0.410 e. The number of carbonyl (C=O) groups is 1. The average Bonchev–Trinajstić information content (AvgIpc) is 2.54. The second-order valence-corrected chi connectivity index (χ2v) is 5.30. The van der Waals surface area contributed by atoms with E-state index in [0.717, 1.165) is 38.0 Å². The molecule has 0 bridgehead atoms. The van der Waals surface area contributed by atoms with Crippen molar-refractivity contribution in [3.63, 3.8) is 0 Å². The number of aliphatic hydroxyl groups is 1. The standard InChI is InChI=1S/C16H24N2O3/c19-13-5-4-8-17-9-11-18(12-10-17)16(20)21-14-15-6-2-1-3-7-15/h1-3,6-7,19H,4-5,8-14H2. The van der Waals surface area contributed by atoms with Crippen molar-refractivity contribution in [2.24, 2.45) is 0 Å². The number of piperazine rings is 1. The third-order valence-corrected chi connectivity index (χ3v) is 3.72. The summed E-state index contributed by atoms with van der Waals surface area (Å²) in [5, 5.41) is 8.78. The van der Waals surface area contributed by atoms with E-state index in [-0.39, 0.29) is 12.7 Å². The highest BCUT2D eigenvalue weighted by atomic mass is 16.6. The summed E-state index contributed by atoms with van der Waals surface area (Å²) in [6.07, 6.45) is 1.63. The van der Waals surface area contributed by atoms with Gasteiger partial charge in [0.1, 0.15) is 6.61 Å². The van der Waals surface area contributed by atoms with E-state index < -0.39 is 0 Å². The SMILES string of the molecule is O=C(OCc1ccccc1)N1CCN(CCCCO)CC1. The molecule has 5 heteroatoms. The average molecular weight is 292 g/mol. The van der Waals surface area contributed by atoms with Crippen LogP contribution in [0.1, 0.15) is 18.4 Å². The van der Waals surface area contributed by atoms with Crippen molar-refractivity contribution in [3.8, 4) is 0 Å². The summed E-state index contributed by atoms with van der Waals surface area (Å²) in [5.74, 6) is 0. The molecule has 0 aliphatic carbocycles. The molecule has 0 saturated carbocycles. The topological polar surface area (TPSA) is 53.0 Å². The van der Waals surface area contributed by atoms with Crippen LogP contribution in [-0.2, 0) is 11.3 Å². The van der Waals surface area contributed by atoms with Crippen molar-refractivity contribution >= 4 is 6.09 Å². The molecule has 1 fully saturated rings. The second-order valence-electron chi connectivity index (χ2n) is 5.30. The summed E-state index contributed by atoms with van der Waals surface area (Å²) >= 11 is 0. The van der Waals surface area contributed by atoms with Crippen LogP contribution in [0.25, 0.3) is 0 Å². The first-order valence-electron chi connectivity index (χ1n) is 7.58. The highest BCUT2D eigenvalue weighted by molar-refractivity contribution is 5.67. The highest BCUT2D eigenvalue weighted by Crippen LogP contribution is 2.07. The van der Waals surface area contributed by atoms with Gasteiger partial charge in [0.05, 0.1) is 0 Å². The van der Waals surface area contributed by atoms with Crippen LogP contribution in [0.15, 0.2) is 30.3 Å². The Kier molecular flexibility index (Phi) is 6.50. The number of nitrogens with zero attached hydrogens (tertiary/aromatic N) is 2. The Morgan fingerprint density at radius 1 is 1.10 bits per heavy atom. The molecule has 1 amide bonds. The molecule has 21 heavy (non-hydrogen) atoms. The molecule has 0 aromatic heterocycles. The first-order chi connectivity index (χ1) is 10.3. The molecule has 1 N–H and O–H groups in total. The summed E-state index contributed by atoms with van der Waals surface area (Å²) in [6.45, 7) is 4.77. The first-order valence-corrected chi connectivity index (χ1v) is 7.58. The van der Waals surface area contributed by atoms with E-state index in [2.05, 4.69) is 4.90 Å². The van der Waals surface area contributed by atoms with Gasteiger partial charge in [-0.25, -0.2) is 4.79 Å². The van der Waals surface area contributed by atoms with Crippen LogP contribution >= 0.6 is 0 Å². The number of amides is 1. The van der Waals surface area contributed by atoms with Crippen molar-refractivity contribution in [2.45, 2.75) is 19.4 Å². The van der Waals surface area contributed by atoms with Crippen LogP contribution in [0.2, 0.25) is 0 Å². The highest BCUT2D eigenvalue weighted by Gasteiger charge is 2.21. The minimum Gasteiger partial charge on any atom is -0.445 e. The van der Waals surface area contributed by atoms with E-state index >= 15 is 0 Å². The Morgan fingerprint density at radius 3 is 2.48 bits per heavy atom. The molecule has 1 aromatic rings. The van der Waals surface area contributed by atoms with Gasteiger partial charge in [-0.2, -0.15) is 0 Å². The molecule has 0 radical (unpaired) electrons. The maximum Gasteiger partial charge on any atom is 0.410 e. The van der Waals surface area contributed by atoms with E-state index in [0.29, 0.717) is 19.7 Å². The van der Waals surface area contributed by atoms with Crippen LogP contribution in [0.3, 0.4) is 0 Å². The number of aliphatic hydroxyl groups excluding tert-OH is 1. The molecule has 1 heterocycles. The number of rotatable bonds is 6. The van der Waals surface area contributed by atoms with E-state index in [1.807, 2.05) is 30.3 Å². The molecule has 116 valence electrons. The van der Waals surface area contributed by atoms with Gasteiger partial charge in [-0.1, -0.05) is 30.3 Å². The van der Waals surface area contributed by atoms with Gasteiger partial charge in [-0.15, -0.1) is 0 Å². The molecule has 0 spiro atoms. The zero-order chi connectivity index (χ0) is 14.9. The van der Waals surface area contributed by atoms with E-state index in [1.54, 1.807) is 4.90 Å². The molecule has 2 rings (SSSR count). The Balaban J connectivity index is 1.66. The molecule has 0 atom stereocenters. The van der Waals surface area contributed by atoms with E-state index in [9.17, 15) is 4.79 Å². The third-order valence-electron chi connectivity index (χ3n) is 3.72. The molecule has 1 aliphatic rings. The summed E-state index contributed by atoms with van der Waals surface area (Å²) in [5.41, 5.74) is 1.01. The molecule has 5 nitrogen and oxygen atoms in total. The molecule has 1 aliphatic heterocycles. The molecule has 1 saturated heterocycles. The number of carbonyl (C=O) groups excluding carboxylic acids is 1. The van der Waals surface area contributed by atoms with Gasteiger partial charge in [0.15, 0.2) is 0 Å². The third kappa shape index (κ3) is 5.36. The van der Waals surface area contributed by atoms with Crippen molar-refractivity contribution in [2.75, 3.05) is 39.3 Å². The summed E-state index contributed by atoms with van der Waals surface area (Å²) in [6, 6.07) is 9.72. The molecular formula is C16H24N2O3. The van der Waals surface area contributed by atoms with Crippen molar-refractivity contribution in [1.29, 1.82) is 0 Å². The lowest BCUT2D eigenvalue weighted by Gasteiger charge is -2.34. The van der Waals surface area contributed by atoms with Crippen molar-refractivity contribution < 1.29 is 14.6 Å². The number of unbranched alkanes of at least 4 members (excludes halogenated alkanes) is 1. The summed E-state index contributed by atoms with van der Waals surface area (Å²) in [7, 11) is 0. The van der Waals surface area contributed by atoms with Crippen LogP contribution in [0, 0.1) is 0 Å². The van der Waals surface area contributed by atoms with Crippen LogP contribution < -0.4 is 0 Å². The van der Waals surface area contributed by atoms with Crippen LogP contribution in [0.4, 0.5) is 4.79 Å². The fourth-order valence-electron chi connectivity index (χ4n) is 2.41. The fourth-order valence-corrected chi connectivity index (χ4v) is 2.41. The van der Waals surface area contributed by atoms with Crippen LogP contribution in [-0.4, -0.2) is 60.3 Å². The molecule has 1 aromatic carbocycles. The zero-order valence-electron chi connectivity index (χ0n) is 12.4. The molecule has 0 unspecified atom stereocenters. The van der Waals surface area contributed by atoms with Gasteiger partial charge < -0.3 is 14.7 Å². The first kappa shape index (κ1) is 15.8. The monoisotopic (exact) mass is 292 g/mol. The Labute approximate surface area is 126 Å². The molecular weight excluding hydrogens is 268 g/mol. The van der Waals surface area contributed by atoms with Gasteiger partial charge in [-0.3, -0.25) is 4.90 Å². The quantitative estimate of drug-likeness (QED) is 0.811. The Hall–Kier alpha value is -1.59. The van der Waals surface area contributed by atoms with Gasteiger partial charge in [-0.05, 0) is 24.9 Å². The predicted octanol–water partition coefficient (Wildman–Crippen LogP) is 1.71. The summed E-state index contributed by atoms with van der Waals surface area (Å²) < 4.78 is 5.34. The zero-order valence-corrected chi connectivity index (χ0v) is 12.4. The van der Waals surface area contributed by atoms with E-state index in [4.69, 9.17) is 9.84 Å². The van der Waals surface area contributed by atoms with Crippen LogP contribution in [0.5, 0.6) is 0 Å². The van der Waals surface area contributed by atoms with Gasteiger partial charge in [0, 0.05) is 32.8 Å². The van der Waals surface area contributed by atoms with Crippen molar-refractivity contribution in [1.82, 2.24) is 9.80 Å². The lowest BCUT2D eigenvalue weighted by atomic mass is 10.2. The van der Waals surface area contributed by atoms with Gasteiger partial charge in [0.2, 0.25) is 0 Å². The Bertz CT molecular complexity index is 417. The minimum absolute atomic E-state index is 0.228. The maximum absolute atomic E-state index is 12.0. The van der Waals surface area contributed by atoms with Gasteiger partial charge in [0.25, 0.3) is 0 Å². The fraction of sp³-hybridized carbons (Fsp3) is 0.562. The lowest BCUT2D eigenvalue weighted by molar-refractivity contribution is 0.0710. The summed E-state index contributed by atoms with van der Waals surface area (Å²) in [4.78, 5) is 16.1.